The number of benzene rings is 2. The van der Waals surface area contributed by atoms with E-state index in [2.05, 4.69) is 6.07 Å². The second-order valence-corrected chi connectivity index (χ2v) is 6.24. The van der Waals surface area contributed by atoms with Gasteiger partial charge in [-0.15, -0.1) is 0 Å². The molecule has 1 atom stereocenters. The molecule has 4 nitrogen and oxygen atoms in total. The van der Waals surface area contributed by atoms with Crippen LogP contribution in [-0.2, 0) is 17.9 Å². The van der Waals surface area contributed by atoms with Crippen molar-refractivity contribution in [2.45, 2.75) is 19.3 Å². The van der Waals surface area contributed by atoms with Gasteiger partial charge in [0.15, 0.2) is 0 Å². The quantitative estimate of drug-likeness (QED) is 0.798. The summed E-state index contributed by atoms with van der Waals surface area (Å²) in [7, 11) is 1.95. The second-order valence-electron chi connectivity index (χ2n) is 5.80. The Kier molecular flexibility index (Phi) is 7.23. The summed E-state index contributed by atoms with van der Waals surface area (Å²) in [4.78, 5) is 2.03. The van der Waals surface area contributed by atoms with Crippen molar-refractivity contribution in [3.63, 3.8) is 0 Å². The number of nitriles is 1. The Morgan fingerprint density at radius 2 is 1.75 bits per heavy atom. The molecule has 0 aliphatic heterocycles. The van der Waals surface area contributed by atoms with Gasteiger partial charge >= 0.3 is 0 Å². The number of likely N-dealkylation sites (N-methyl/N-ethyl adjacent to an activating group) is 1. The largest absolute Gasteiger partial charge is 0.389 e. The summed E-state index contributed by atoms with van der Waals surface area (Å²) in [5.41, 5.74) is 2.78. The third-order valence-electron chi connectivity index (χ3n) is 3.55. The Bertz CT molecular complexity index is 665. The van der Waals surface area contributed by atoms with Crippen molar-refractivity contribution in [2.75, 3.05) is 20.2 Å². The molecule has 0 aliphatic rings. The molecule has 0 amide bonds. The Morgan fingerprint density at radius 1 is 1.12 bits per heavy atom. The molecule has 1 unspecified atom stereocenters. The first-order chi connectivity index (χ1) is 11.6. The molecule has 0 fully saturated rings. The van der Waals surface area contributed by atoms with Crippen LogP contribution in [0.4, 0.5) is 0 Å². The van der Waals surface area contributed by atoms with Crippen molar-refractivity contribution in [1.29, 1.82) is 5.26 Å². The average Bonchev–Trinajstić information content (AvgIpc) is 2.57. The number of ether oxygens (including phenoxy) is 1. The van der Waals surface area contributed by atoms with Gasteiger partial charge in [0.05, 0.1) is 31.0 Å². The summed E-state index contributed by atoms with van der Waals surface area (Å²) < 4.78 is 5.55. The van der Waals surface area contributed by atoms with Gasteiger partial charge in [-0.25, -0.2) is 0 Å². The molecule has 0 saturated heterocycles. The van der Waals surface area contributed by atoms with Crippen molar-refractivity contribution >= 4 is 11.6 Å². The minimum Gasteiger partial charge on any atom is -0.389 e. The molecule has 2 aromatic rings. The summed E-state index contributed by atoms with van der Waals surface area (Å²) in [6.07, 6.45) is -0.555. The number of aliphatic hydroxyl groups is 1. The van der Waals surface area contributed by atoms with Crippen LogP contribution in [0.1, 0.15) is 16.7 Å². The molecule has 126 valence electrons. The van der Waals surface area contributed by atoms with E-state index in [1.165, 1.54) is 0 Å². The number of nitrogens with zero attached hydrogens (tertiary/aromatic N) is 2. The van der Waals surface area contributed by atoms with Crippen molar-refractivity contribution in [1.82, 2.24) is 4.90 Å². The molecule has 0 aromatic heterocycles. The predicted octanol–water partition coefficient (Wildman–Crippen LogP) is 3.22. The van der Waals surface area contributed by atoms with E-state index in [-0.39, 0.29) is 6.61 Å². The van der Waals surface area contributed by atoms with Crippen LogP contribution in [0.15, 0.2) is 48.5 Å². The van der Waals surface area contributed by atoms with Gasteiger partial charge < -0.3 is 9.84 Å². The Hall–Kier alpha value is -1.90. The highest BCUT2D eigenvalue weighted by Gasteiger charge is 2.09. The van der Waals surface area contributed by atoms with E-state index in [4.69, 9.17) is 21.6 Å². The lowest BCUT2D eigenvalue weighted by molar-refractivity contribution is 0.0127. The summed E-state index contributed by atoms with van der Waals surface area (Å²) in [5.74, 6) is 0. The third-order valence-corrected chi connectivity index (χ3v) is 3.80. The highest BCUT2D eigenvalue weighted by Crippen LogP contribution is 2.10. The smallest absolute Gasteiger partial charge is 0.0991 e. The minimum absolute atomic E-state index is 0.278. The second kappa shape index (κ2) is 9.41. The number of aliphatic hydroxyl groups excluding tert-OH is 1. The molecule has 0 bridgehead atoms. The van der Waals surface area contributed by atoms with Gasteiger partial charge in [-0.05, 0) is 42.4 Å². The summed E-state index contributed by atoms with van der Waals surface area (Å²) >= 11 is 5.83. The molecule has 2 rings (SSSR count). The Morgan fingerprint density at radius 3 is 2.38 bits per heavy atom. The molecule has 1 N–H and O–H groups in total. The van der Waals surface area contributed by atoms with E-state index in [0.717, 1.165) is 11.1 Å². The van der Waals surface area contributed by atoms with Crippen molar-refractivity contribution in [2.24, 2.45) is 0 Å². The molecule has 0 heterocycles. The zero-order valence-corrected chi connectivity index (χ0v) is 14.4. The zero-order chi connectivity index (χ0) is 17.4. The highest BCUT2D eigenvalue weighted by molar-refractivity contribution is 6.30. The maximum absolute atomic E-state index is 10.1. The topological polar surface area (TPSA) is 56.5 Å². The molecular formula is C19H21ClN2O2. The number of hydrogen-bond acceptors (Lipinski definition) is 4. The monoisotopic (exact) mass is 344 g/mol. The number of rotatable bonds is 8. The van der Waals surface area contributed by atoms with Crippen LogP contribution in [0.3, 0.4) is 0 Å². The van der Waals surface area contributed by atoms with Gasteiger partial charge in [0.1, 0.15) is 0 Å². The predicted molar refractivity (Wildman–Crippen MR) is 94.6 cm³/mol. The van der Waals surface area contributed by atoms with Gasteiger partial charge in [-0.2, -0.15) is 5.26 Å². The van der Waals surface area contributed by atoms with Crippen LogP contribution in [0.5, 0.6) is 0 Å². The van der Waals surface area contributed by atoms with Crippen molar-refractivity contribution in [3.8, 4) is 6.07 Å². The average molecular weight is 345 g/mol. The van der Waals surface area contributed by atoms with E-state index >= 15 is 0 Å². The van der Waals surface area contributed by atoms with Gasteiger partial charge in [0.25, 0.3) is 0 Å². The lowest BCUT2D eigenvalue weighted by atomic mass is 10.1. The van der Waals surface area contributed by atoms with E-state index in [1.54, 1.807) is 12.1 Å². The van der Waals surface area contributed by atoms with Gasteiger partial charge in [0.2, 0.25) is 0 Å². The van der Waals surface area contributed by atoms with Crippen LogP contribution in [0.25, 0.3) is 0 Å². The molecule has 0 saturated carbocycles. The van der Waals surface area contributed by atoms with Crippen LogP contribution >= 0.6 is 11.6 Å². The van der Waals surface area contributed by atoms with Gasteiger partial charge in [-0.1, -0.05) is 35.9 Å². The van der Waals surface area contributed by atoms with Crippen molar-refractivity contribution < 1.29 is 9.84 Å². The first-order valence-electron chi connectivity index (χ1n) is 7.74. The van der Waals surface area contributed by atoms with E-state index in [9.17, 15) is 5.11 Å². The zero-order valence-electron chi connectivity index (χ0n) is 13.7. The van der Waals surface area contributed by atoms with E-state index in [0.29, 0.717) is 30.3 Å². The fraction of sp³-hybridized carbons (Fsp3) is 0.316. The Labute approximate surface area is 147 Å². The minimum atomic E-state index is -0.555. The van der Waals surface area contributed by atoms with Gasteiger partial charge in [-0.3, -0.25) is 4.90 Å². The highest BCUT2D eigenvalue weighted by atomic mass is 35.5. The summed E-state index contributed by atoms with van der Waals surface area (Å²) in [5, 5.41) is 19.6. The third kappa shape index (κ3) is 6.31. The van der Waals surface area contributed by atoms with Crippen LogP contribution < -0.4 is 0 Å². The first kappa shape index (κ1) is 18.4. The first-order valence-corrected chi connectivity index (χ1v) is 8.12. The molecule has 0 aliphatic carbocycles. The lowest BCUT2D eigenvalue weighted by Gasteiger charge is -2.20. The molecule has 0 spiro atoms. The molecule has 24 heavy (non-hydrogen) atoms. The van der Waals surface area contributed by atoms with Crippen LogP contribution in [0.2, 0.25) is 5.02 Å². The standard InChI is InChI=1S/C19H21ClN2O2/c1-22(11-16-4-2-15(10-21)3-5-16)12-19(23)14-24-13-17-6-8-18(20)9-7-17/h2-9,19,23H,11-14H2,1H3. The fourth-order valence-corrected chi connectivity index (χ4v) is 2.49. The Balaban J connectivity index is 1.69. The maximum Gasteiger partial charge on any atom is 0.0991 e. The van der Waals surface area contributed by atoms with Crippen LogP contribution in [-0.4, -0.2) is 36.3 Å². The lowest BCUT2D eigenvalue weighted by Crippen LogP contribution is -2.31. The van der Waals surface area contributed by atoms with E-state index in [1.807, 2.05) is 48.3 Å². The SMILES string of the molecule is CN(Cc1ccc(C#N)cc1)CC(O)COCc1ccc(Cl)cc1. The molecular weight excluding hydrogens is 324 g/mol. The summed E-state index contributed by atoms with van der Waals surface area (Å²) in [6, 6.07) is 17.0. The summed E-state index contributed by atoms with van der Waals surface area (Å²) in [6.45, 7) is 1.95. The number of hydrogen-bond donors (Lipinski definition) is 1. The molecule has 5 heteroatoms. The normalized spacial score (nSPS) is 12.1. The molecule has 2 aromatic carbocycles. The fourth-order valence-electron chi connectivity index (χ4n) is 2.37. The van der Waals surface area contributed by atoms with Gasteiger partial charge in [0, 0.05) is 18.1 Å². The molecule has 0 radical (unpaired) electrons. The van der Waals surface area contributed by atoms with E-state index < -0.39 is 6.10 Å². The van der Waals surface area contributed by atoms with Crippen LogP contribution in [0, 0.1) is 11.3 Å². The maximum atomic E-state index is 10.1. The number of halogens is 1. The van der Waals surface area contributed by atoms with Crippen molar-refractivity contribution in [3.05, 3.63) is 70.2 Å².